The second-order valence-electron chi connectivity index (χ2n) is 7.12. The summed E-state index contributed by atoms with van der Waals surface area (Å²) in [6, 6.07) is 19.3. The van der Waals surface area contributed by atoms with Gasteiger partial charge < -0.3 is 15.4 Å². The Hall–Kier alpha value is -3.67. The van der Waals surface area contributed by atoms with E-state index < -0.39 is 18.5 Å². The van der Waals surface area contributed by atoms with Crippen LogP contribution in [0.1, 0.15) is 16.7 Å². The Kier molecular flexibility index (Phi) is 6.80. The van der Waals surface area contributed by atoms with Crippen LogP contribution in [0.15, 0.2) is 60.7 Å². The van der Waals surface area contributed by atoms with Crippen molar-refractivity contribution in [1.82, 2.24) is 5.32 Å². The summed E-state index contributed by atoms with van der Waals surface area (Å²) in [6.45, 7) is 3.11. The molecule has 0 heterocycles. The van der Waals surface area contributed by atoms with Gasteiger partial charge in [0.1, 0.15) is 6.54 Å². The summed E-state index contributed by atoms with van der Waals surface area (Å²) in [5, 5.41) is 7.31. The van der Waals surface area contributed by atoms with E-state index in [-0.39, 0.29) is 18.9 Å². The van der Waals surface area contributed by atoms with Gasteiger partial charge in [0.05, 0.1) is 6.42 Å². The van der Waals surface area contributed by atoms with Crippen LogP contribution in [-0.2, 0) is 25.5 Å². The van der Waals surface area contributed by atoms with Crippen molar-refractivity contribution >= 4 is 34.2 Å². The number of aryl methyl sites for hydroxylation is 2. The first-order chi connectivity index (χ1) is 14.4. The Morgan fingerprint density at radius 1 is 0.900 bits per heavy atom. The molecule has 0 radical (unpaired) electrons. The molecule has 0 aliphatic carbocycles. The lowest BCUT2D eigenvalue weighted by atomic mass is 10.0. The minimum absolute atomic E-state index is 0.155. The van der Waals surface area contributed by atoms with Crippen LogP contribution in [0.5, 0.6) is 0 Å². The molecule has 2 amide bonds. The van der Waals surface area contributed by atoms with Crippen molar-refractivity contribution in [2.45, 2.75) is 20.3 Å². The Bertz CT molecular complexity index is 1090. The van der Waals surface area contributed by atoms with Crippen LogP contribution in [0.2, 0.25) is 0 Å². The van der Waals surface area contributed by atoms with Crippen LogP contribution in [0, 0.1) is 13.8 Å². The van der Waals surface area contributed by atoms with Crippen molar-refractivity contribution in [3.05, 3.63) is 77.4 Å². The van der Waals surface area contributed by atoms with Crippen LogP contribution in [-0.4, -0.2) is 30.9 Å². The zero-order valence-corrected chi connectivity index (χ0v) is 17.0. The molecule has 0 aromatic heterocycles. The second-order valence-corrected chi connectivity index (χ2v) is 7.12. The van der Waals surface area contributed by atoms with Gasteiger partial charge in [0.25, 0.3) is 5.91 Å². The minimum atomic E-state index is -0.669. The predicted octanol–water partition coefficient (Wildman–Crippen LogP) is 3.30. The van der Waals surface area contributed by atoms with E-state index in [9.17, 15) is 14.4 Å². The maximum absolute atomic E-state index is 12.2. The number of benzene rings is 3. The first-order valence-corrected chi connectivity index (χ1v) is 9.68. The van der Waals surface area contributed by atoms with Crippen LogP contribution in [0.25, 0.3) is 10.8 Å². The molecule has 0 atom stereocenters. The number of hydrogen-bond acceptors (Lipinski definition) is 4. The fraction of sp³-hybridized carbons (Fsp3) is 0.208. The highest BCUT2D eigenvalue weighted by molar-refractivity contribution is 5.94. The van der Waals surface area contributed by atoms with E-state index in [1.165, 1.54) is 0 Å². The molecule has 154 valence electrons. The third-order valence-electron chi connectivity index (χ3n) is 4.69. The molecule has 6 nitrogen and oxygen atoms in total. The highest BCUT2D eigenvalue weighted by Crippen LogP contribution is 2.19. The first-order valence-electron chi connectivity index (χ1n) is 9.68. The van der Waals surface area contributed by atoms with E-state index in [1.807, 2.05) is 74.5 Å². The van der Waals surface area contributed by atoms with Gasteiger partial charge in [0.15, 0.2) is 6.61 Å². The first kappa shape index (κ1) is 21.0. The summed E-state index contributed by atoms with van der Waals surface area (Å²) in [5.41, 5.74) is 3.49. The Labute approximate surface area is 175 Å². The number of anilines is 1. The molecule has 0 spiro atoms. The van der Waals surface area contributed by atoms with E-state index in [0.717, 1.165) is 27.5 Å². The van der Waals surface area contributed by atoms with Gasteiger partial charge in [-0.05, 0) is 47.4 Å². The van der Waals surface area contributed by atoms with Gasteiger partial charge in [-0.1, -0.05) is 54.6 Å². The lowest BCUT2D eigenvalue weighted by Crippen LogP contribution is -2.33. The number of hydrogen-bond donors (Lipinski definition) is 2. The Morgan fingerprint density at radius 2 is 1.67 bits per heavy atom. The fourth-order valence-corrected chi connectivity index (χ4v) is 3.11. The van der Waals surface area contributed by atoms with Crippen molar-refractivity contribution in [1.29, 1.82) is 0 Å². The lowest BCUT2D eigenvalue weighted by Gasteiger charge is -2.10. The van der Waals surface area contributed by atoms with Crippen molar-refractivity contribution in [3.8, 4) is 0 Å². The number of fused-ring (bicyclic) bond motifs is 1. The normalized spacial score (nSPS) is 10.5. The molecule has 2 N–H and O–H groups in total. The molecular formula is C24H24N2O4. The van der Waals surface area contributed by atoms with E-state index in [4.69, 9.17) is 4.74 Å². The molecule has 30 heavy (non-hydrogen) atoms. The predicted molar refractivity (Wildman–Crippen MR) is 116 cm³/mol. The summed E-state index contributed by atoms with van der Waals surface area (Å²) in [6.07, 6.45) is 0.155. The summed E-state index contributed by atoms with van der Waals surface area (Å²) in [5.74, 6) is -1.39. The smallest absolute Gasteiger partial charge is 0.325 e. The number of amides is 2. The SMILES string of the molecule is Cc1ccc(C)c(NC(=O)COC(=O)CNC(=O)Cc2cccc3ccccc23)c1. The number of carbonyl (C=O) groups is 3. The van der Waals surface area contributed by atoms with Gasteiger partial charge in [-0.25, -0.2) is 0 Å². The van der Waals surface area contributed by atoms with Crippen LogP contribution in [0.3, 0.4) is 0 Å². The molecule has 0 saturated heterocycles. The quantitative estimate of drug-likeness (QED) is 0.592. The summed E-state index contributed by atoms with van der Waals surface area (Å²) >= 11 is 0. The van der Waals surface area contributed by atoms with E-state index in [0.29, 0.717) is 5.69 Å². The van der Waals surface area contributed by atoms with E-state index >= 15 is 0 Å². The zero-order chi connectivity index (χ0) is 21.5. The van der Waals surface area contributed by atoms with Gasteiger partial charge >= 0.3 is 5.97 Å². The average molecular weight is 404 g/mol. The molecule has 0 bridgehead atoms. The van der Waals surface area contributed by atoms with Crippen molar-refractivity contribution in [2.24, 2.45) is 0 Å². The van der Waals surface area contributed by atoms with E-state index in [1.54, 1.807) is 0 Å². The molecule has 6 heteroatoms. The molecule has 3 rings (SSSR count). The molecule has 3 aromatic rings. The molecule has 0 aliphatic rings. The summed E-state index contributed by atoms with van der Waals surface area (Å²) in [4.78, 5) is 36.1. The maximum atomic E-state index is 12.2. The topological polar surface area (TPSA) is 84.5 Å². The van der Waals surface area contributed by atoms with Gasteiger partial charge in [-0.15, -0.1) is 0 Å². The molecule has 0 unspecified atom stereocenters. The van der Waals surface area contributed by atoms with Gasteiger partial charge in [-0.2, -0.15) is 0 Å². The Balaban J connectivity index is 1.44. The third-order valence-corrected chi connectivity index (χ3v) is 4.69. The number of rotatable bonds is 7. The van der Waals surface area contributed by atoms with Gasteiger partial charge in [0, 0.05) is 5.69 Å². The third kappa shape index (κ3) is 5.67. The van der Waals surface area contributed by atoms with Crippen molar-refractivity contribution in [3.63, 3.8) is 0 Å². The monoisotopic (exact) mass is 404 g/mol. The molecule has 3 aromatic carbocycles. The molecule has 0 aliphatic heterocycles. The van der Waals surface area contributed by atoms with Gasteiger partial charge in [0.2, 0.25) is 5.91 Å². The molecule has 0 fully saturated rings. The second kappa shape index (κ2) is 9.69. The highest BCUT2D eigenvalue weighted by atomic mass is 16.5. The maximum Gasteiger partial charge on any atom is 0.325 e. The van der Waals surface area contributed by atoms with E-state index in [2.05, 4.69) is 10.6 Å². The summed E-state index contributed by atoms with van der Waals surface area (Å²) in [7, 11) is 0. The van der Waals surface area contributed by atoms with Gasteiger partial charge in [-0.3, -0.25) is 14.4 Å². The number of nitrogens with one attached hydrogen (secondary N) is 2. The van der Waals surface area contributed by atoms with Crippen molar-refractivity contribution < 1.29 is 19.1 Å². The zero-order valence-electron chi connectivity index (χ0n) is 17.0. The largest absolute Gasteiger partial charge is 0.454 e. The molecular weight excluding hydrogens is 380 g/mol. The van der Waals surface area contributed by atoms with Crippen molar-refractivity contribution in [2.75, 3.05) is 18.5 Å². The standard InChI is InChI=1S/C24H24N2O4/c1-16-10-11-17(2)21(12-16)26-23(28)15-30-24(29)14-25-22(27)13-19-8-5-7-18-6-3-4-9-20(18)19/h3-12H,13-15H2,1-2H3,(H,25,27)(H,26,28). The van der Waals surface area contributed by atoms with Crippen LogP contribution < -0.4 is 10.6 Å². The van der Waals surface area contributed by atoms with Crippen LogP contribution in [0.4, 0.5) is 5.69 Å². The minimum Gasteiger partial charge on any atom is -0.454 e. The fourth-order valence-electron chi connectivity index (χ4n) is 3.11. The lowest BCUT2D eigenvalue weighted by molar-refractivity contribution is -0.147. The molecule has 0 saturated carbocycles. The highest BCUT2D eigenvalue weighted by Gasteiger charge is 2.12. The van der Waals surface area contributed by atoms with Crippen LogP contribution >= 0.6 is 0 Å². The Morgan fingerprint density at radius 3 is 2.50 bits per heavy atom. The average Bonchev–Trinajstić information content (AvgIpc) is 2.73. The summed E-state index contributed by atoms with van der Waals surface area (Å²) < 4.78 is 4.95. The number of esters is 1. The number of carbonyl (C=O) groups excluding carboxylic acids is 3. The number of ether oxygens (including phenoxy) is 1.